The third kappa shape index (κ3) is 6.17. The van der Waals surface area contributed by atoms with Gasteiger partial charge in [0.25, 0.3) is 0 Å². The summed E-state index contributed by atoms with van der Waals surface area (Å²) in [6.45, 7) is 22.0. The molecule has 0 aromatic heterocycles. The zero-order valence-electron chi connectivity index (χ0n) is 28.9. The molecule has 4 aliphatic rings. The molecule has 4 rings (SSSR count). The molecule has 2 heteroatoms. The van der Waals surface area contributed by atoms with Gasteiger partial charge in [-0.05, 0) is 125 Å². The Balaban J connectivity index is 1.47. The van der Waals surface area contributed by atoms with Gasteiger partial charge in [-0.25, -0.2) is 4.79 Å². The van der Waals surface area contributed by atoms with Gasteiger partial charge in [-0.2, -0.15) is 0 Å². The number of unbranched alkanes of at least 4 members (excludes halogenated alkanes) is 3. The van der Waals surface area contributed by atoms with Crippen LogP contribution in [0.3, 0.4) is 0 Å². The Morgan fingerprint density at radius 2 is 1.69 bits per heavy atom. The molecule has 0 aromatic carbocycles. The summed E-state index contributed by atoms with van der Waals surface area (Å²) in [6.07, 6.45) is 27.4. The van der Waals surface area contributed by atoms with Gasteiger partial charge in [0, 0.05) is 11.5 Å². The van der Waals surface area contributed by atoms with Crippen molar-refractivity contribution < 1.29 is 9.53 Å². The van der Waals surface area contributed by atoms with Gasteiger partial charge in [0.1, 0.15) is 6.10 Å². The number of allylic oxidation sites excluding steroid dienone is 7. The molecule has 0 bridgehead atoms. The first-order chi connectivity index (χ1) is 19.8. The van der Waals surface area contributed by atoms with Crippen molar-refractivity contribution in [3.05, 3.63) is 47.1 Å². The zero-order chi connectivity index (χ0) is 30.8. The zero-order valence-corrected chi connectivity index (χ0v) is 28.9. The van der Waals surface area contributed by atoms with E-state index < -0.39 is 0 Å². The maximum Gasteiger partial charge on any atom is 0.331 e. The van der Waals surface area contributed by atoms with E-state index in [9.17, 15) is 4.79 Å². The van der Waals surface area contributed by atoms with Gasteiger partial charge >= 0.3 is 5.97 Å². The molecule has 42 heavy (non-hydrogen) atoms. The van der Waals surface area contributed by atoms with Crippen molar-refractivity contribution >= 4 is 5.97 Å². The number of ether oxygens (including phenoxy) is 1. The predicted molar refractivity (Wildman–Crippen MR) is 179 cm³/mol. The molecule has 4 aliphatic carbocycles. The lowest BCUT2D eigenvalue weighted by molar-refractivity contribution is -0.164. The summed E-state index contributed by atoms with van der Waals surface area (Å²) in [5.74, 6) is 2.00. The van der Waals surface area contributed by atoms with Crippen LogP contribution in [0.15, 0.2) is 47.1 Å². The lowest BCUT2D eigenvalue weighted by atomic mass is 9.43. The van der Waals surface area contributed by atoms with Crippen LogP contribution in [0.4, 0.5) is 0 Å². The second-order valence-corrected chi connectivity index (χ2v) is 16.3. The molecule has 2 saturated carbocycles. The Labute approximate surface area is 259 Å². The summed E-state index contributed by atoms with van der Waals surface area (Å²) in [5.41, 5.74) is 6.09. The third-order valence-electron chi connectivity index (χ3n) is 13.3. The van der Waals surface area contributed by atoms with E-state index in [1.807, 2.05) is 23.3 Å². The molecular weight excluding hydrogens is 512 g/mol. The molecule has 0 unspecified atom stereocenters. The van der Waals surface area contributed by atoms with Crippen molar-refractivity contribution in [1.29, 1.82) is 0 Å². The monoisotopic (exact) mass is 576 g/mol. The Bertz CT molecular complexity index is 1080. The second kappa shape index (κ2) is 13.2. The fourth-order valence-corrected chi connectivity index (χ4v) is 10.7. The molecular formula is C40H64O2. The van der Waals surface area contributed by atoms with Crippen molar-refractivity contribution in [3.63, 3.8) is 0 Å². The van der Waals surface area contributed by atoms with E-state index in [1.54, 1.807) is 6.08 Å². The van der Waals surface area contributed by atoms with Gasteiger partial charge in [0.05, 0.1) is 0 Å². The molecule has 2 nitrogen and oxygen atoms in total. The third-order valence-corrected chi connectivity index (χ3v) is 13.3. The van der Waals surface area contributed by atoms with Gasteiger partial charge in [-0.3, -0.25) is 0 Å². The molecule has 0 aliphatic heterocycles. The minimum atomic E-state index is -0.178. The molecule has 0 amide bonds. The lowest BCUT2D eigenvalue weighted by Gasteiger charge is -2.62. The van der Waals surface area contributed by atoms with Gasteiger partial charge in [0.2, 0.25) is 0 Å². The minimum Gasteiger partial charge on any atom is -0.459 e. The Kier molecular flexibility index (Phi) is 10.5. The maximum atomic E-state index is 12.8. The normalized spacial score (nSPS) is 36.5. The van der Waals surface area contributed by atoms with Crippen LogP contribution in [-0.2, 0) is 9.53 Å². The average molecular weight is 577 g/mol. The molecule has 0 radical (unpaired) electrons. The van der Waals surface area contributed by atoms with Crippen LogP contribution in [-0.4, -0.2) is 12.1 Å². The fraction of sp³-hybridized carbons (Fsp3) is 0.775. The highest BCUT2D eigenvalue weighted by Crippen LogP contribution is 2.72. The highest BCUT2D eigenvalue weighted by atomic mass is 16.5. The van der Waals surface area contributed by atoms with E-state index in [0.29, 0.717) is 16.7 Å². The van der Waals surface area contributed by atoms with Crippen molar-refractivity contribution in [2.24, 2.45) is 39.4 Å². The number of fused-ring (bicyclic) bond motifs is 4. The highest BCUT2D eigenvalue weighted by molar-refractivity contribution is 5.82. The molecule has 236 valence electrons. The van der Waals surface area contributed by atoms with Crippen LogP contribution in [0.2, 0.25) is 0 Å². The Hall–Kier alpha value is -1.57. The Morgan fingerprint density at radius 3 is 2.40 bits per heavy atom. The number of rotatable bonds is 11. The van der Waals surface area contributed by atoms with E-state index in [-0.39, 0.29) is 22.9 Å². The van der Waals surface area contributed by atoms with Crippen molar-refractivity contribution in [1.82, 2.24) is 0 Å². The van der Waals surface area contributed by atoms with E-state index >= 15 is 0 Å². The number of hydrogen-bond acceptors (Lipinski definition) is 2. The van der Waals surface area contributed by atoms with Crippen LogP contribution in [0, 0.1) is 39.4 Å². The summed E-state index contributed by atoms with van der Waals surface area (Å²) < 4.78 is 6.19. The molecule has 0 N–H and O–H groups in total. The smallest absolute Gasteiger partial charge is 0.331 e. The second-order valence-electron chi connectivity index (χ2n) is 16.3. The van der Waals surface area contributed by atoms with E-state index in [0.717, 1.165) is 31.1 Å². The van der Waals surface area contributed by atoms with Crippen LogP contribution >= 0.6 is 0 Å². The maximum absolute atomic E-state index is 12.8. The average Bonchev–Trinajstić information content (AvgIpc) is 3.21. The number of carbonyl (C=O) groups is 1. The van der Waals surface area contributed by atoms with Crippen LogP contribution in [0.1, 0.15) is 152 Å². The molecule has 0 aromatic rings. The standard InChI is InChI=1S/C40H64O2/c1-10-11-12-13-14-15-16-20-36(41)42-35-25-26-38(7)32-24-28-39(8)31(30(4)19-17-18-29(2)3)23-27-40(39,9)33(32)21-22-34(38)37(35,5)6/h14-16,18,20,30-31,34-35H,10-13,17,19,21-28H2,1-9H3/b15-14-,20-16+/t30-,31-,34+,35+,38-,39-,40+/m1/s1. The van der Waals surface area contributed by atoms with Crippen LogP contribution in [0.5, 0.6) is 0 Å². The molecule has 7 atom stereocenters. The topological polar surface area (TPSA) is 26.3 Å². The van der Waals surface area contributed by atoms with Crippen molar-refractivity contribution in [2.75, 3.05) is 0 Å². The van der Waals surface area contributed by atoms with E-state index in [1.165, 1.54) is 76.2 Å². The molecule has 2 fully saturated rings. The van der Waals surface area contributed by atoms with E-state index in [4.69, 9.17) is 4.74 Å². The van der Waals surface area contributed by atoms with Crippen molar-refractivity contribution in [3.8, 4) is 0 Å². The summed E-state index contributed by atoms with van der Waals surface area (Å²) in [5, 5.41) is 0. The number of hydrogen-bond donors (Lipinski definition) is 0. The Morgan fingerprint density at radius 1 is 0.929 bits per heavy atom. The first-order valence-electron chi connectivity index (χ1n) is 17.7. The van der Waals surface area contributed by atoms with Crippen LogP contribution < -0.4 is 0 Å². The van der Waals surface area contributed by atoms with Gasteiger partial charge in [-0.15, -0.1) is 0 Å². The quantitative estimate of drug-likeness (QED) is 0.0804. The van der Waals surface area contributed by atoms with Gasteiger partial charge in [0.15, 0.2) is 0 Å². The fourth-order valence-electron chi connectivity index (χ4n) is 10.7. The number of esters is 1. The first kappa shape index (κ1) is 33.3. The SMILES string of the molecule is CCCCC/C=C\C=C\C(=O)O[C@H]1CC[C@]2(C)C3=C(CC[C@H]2C1(C)C)[C@]1(C)CC[C@H]([C@H](C)CCC=C(C)C)[C@@]1(C)CC3. The summed E-state index contributed by atoms with van der Waals surface area (Å²) >= 11 is 0. The van der Waals surface area contributed by atoms with Gasteiger partial charge < -0.3 is 4.74 Å². The predicted octanol–water partition coefficient (Wildman–Crippen LogP) is 11.7. The summed E-state index contributed by atoms with van der Waals surface area (Å²) in [4.78, 5) is 12.8. The molecule has 0 saturated heterocycles. The number of carbonyl (C=O) groups excluding carboxylic acids is 1. The van der Waals surface area contributed by atoms with Crippen LogP contribution in [0.25, 0.3) is 0 Å². The molecule has 0 heterocycles. The minimum absolute atomic E-state index is 0.00892. The van der Waals surface area contributed by atoms with Gasteiger partial charge in [-0.1, -0.05) is 102 Å². The van der Waals surface area contributed by atoms with E-state index in [2.05, 4.69) is 74.5 Å². The largest absolute Gasteiger partial charge is 0.459 e. The summed E-state index contributed by atoms with van der Waals surface area (Å²) in [6, 6.07) is 0. The van der Waals surface area contributed by atoms with Crippen molar-refractivity contribution in [2.45, 2.75) is 158 Å². The molecule has 0 spiro atoms. The first-order valence-corrected chi connectivity index (χ1v) is 17.7. The summed E-state index contributed by atoms with van der Waals surface area (Å²) in [7, 11) is 0. The highest BCUT2D eigenvalue weighted by Gasteiger charge is 2.63. The lowest BCUT2D eigenvalue weighted by Crippen LogP contribution is -2.55.